The molecule has 0 saturated carbocycles. The van der Waals surface area contributed by atoms with E-state index in [1.807, 2.05) is 26.2 Å². The Hall–Kier alpha value is -2.06. The van der Waals surface area contributed by atoms with Crippen molar-refractivity contribution in [2.24, 2.45) is 16.8 Å². The fourth-order valence-corrected chi connectivity index (χ4v) is 5.10. The number of rotatable bonds is 11. The molecule has 4 heteroatoms. The summed E-state index contributed by atoms with van der Waals surface area (Å²) in [5, 5.41) is 12.7. The number of hydrogen-bond donors (Lipinski definition) is 2. The van der Waals surface area contributed by atoms with Gasteiger partial charge in [-0.25, -0.2) is 0 Å². The minimum atomic E-state index is 0.0326. The molecule has 3 nitrogen and oxygen atoms in total. The quantitative estimate of drug-likeness (QED) is 0.262. The van der Waals surface area contributed by atoms with Gasteiger partial charge in [0.15, 0.2) is 0 Å². The number of aliphatic hydroxyl groups is 1. The van der Waals surface area contributed by atoms with Gasteiger partial charge in [-0.05, 0) is 68.1 Å². The second-order valence-electron chi connectivity index (χ2n) is 8.17. The molecule has 1 aromatic rings. The summed E-state index contributed by atoms with van der Waals surface area (Å²) in [6.07, 6.45) is 11.2. The Balaban J connectivity index is 2.29. The van der Waals surface area contributed by atoms with Crippen molar-refractivity contribution in [3.05, 3.63) is 64.9 Å². The molecule has 2 atom stereocenters. The SMILES string of the molecule is C=N/C=C(\SCC(/C=C\CO)=C/C(C#CC)CC(C)C)c1cccc2c1CCC2NC. The van der Waals surface area contributed by atoms with Crippen LogP contribution in [0.4, 0.5) is 0 Å². The zero-order chi connectivity index (χ0) is 22.6. The van der Waals surface area contributed by atoms with E-state index in [1.54, 1.807) is 17.8 Å². The predicted octanol–water partition coefficient (Wildman–Crippen LogP) is 5.79. The lowest BCUT2D eigenvalue weighted by molar-refractivity contribution is 0.342. The van der Waals surface area contributed by atoms with Crippen LogP contribution in [-0.2, 0) is 6.42 Å². The summed E-state index contributed by atoms with van der Waals surface area (Å²) in [6, 6.07) is 6.98. The smallest absolute Gasteiger partial charge is 0.0615 e. The number of benzene rings is 1. The van der Waals surface area contributed by atoms with Crippen LogP contribution in [0.2, 0.25) is 0 Å². The van der Waals surface area contributed by atoms with Crippen LogP contribution in [0.15, 0.2) is 53.2 Å². The van der Waals surface area contributed by atoms with Gasteiger partial charge >= 0.3 is 0 Å². The van der Waals surface area contributed by atoms with E-state index in [9.17, 15) is 5.11 Å². The third-order valence-electron chi connectivity index (χ3n) is 5.40. The van der Waals surface area contributed by atoms with Crippen molar-refractivity contribution in [3.8, 4) is 11.8 Å². The number of fused-ring (bicyclic) bond motifs is 1. The van der Waals surface area contributed by atoms with Crippen LogP contribution in [0.25, 0.3) is 4.91 Å². The lowest BCUT2D eigenvalue weighted by Crippen LogP contribution is -2.12. The minimum Gasteiger partial charge on any atom is -0.392 e. The molecule has 0 heterocycles. The standard InChI is InChI=1S/C27H36N2OS/c1-6-9-21(16-20(2)3)17-22(10-8-15-30)19-31-27(18-28-4)25-12-7-11-24-23(25)13-14-26(24)29-5/h7-8,10-12,17-18,20-21,26,29-30H,4,13-16,19H2,1-3,5H3/b10-8-,22-17+,27-18-. The van der Waals surface area contributed by atoms with Gasteiger partial charge in [0, 0.05) is 28.8 Å². The molecule has 0 aromatic heterocycles. The van der Waals surface area contributed by atoms with Crippen molar-refractivity contribution in [2.75, 3.05) is 19.4 Å². The molecule has 0 amide bonds. The second-order valence-corrected chi connectivity index (χ2v) is 9.19. The first-order valence-electron chi connectivity index (χ1n) is 11.0. The topological polar surface area (TPSA) is 44.6 Å². The molecule has 1 aromatic carbocycles. The van der Waals surface area contributed by atoms with Crippen molar-refractivity contribution in [1.82, 2.24) is 5.32 Å². The van der Waals surface area contributed by atoms with Crippen LogP contribution < -0.4 is 5.32 Å². The van der Waals surface area contributed by atoms with E-state index in [2.05, 4.69) is 67.0 Å². The van der Waals surface area contributed by atoms with E-state index in [4.69, 9.17) is 0 Å². The summed E-state index contributed by atoms with van der Waals surface area (Å²) in [5.41, 5.74) is 5.23. The molecule has 1 aliphatic rings. The first-order valence-corrected chi connectivity index (χ1v) is 12.0. The Kier molecular flexibility index (Phi) is 10.9. The van der Waals surface area contributed by atoms with Gasteiger partial charge in [0.1, 0.15) is 0 Å². The van der Waals surface area contributed by atoms with E-state index < -0.39 is 0 Å². The number of thioether (sulfide) groups is 1. The number of allylic oxidation sites excluding steroid dienone is 2. The normalized spacial score (nSPS) is 17.5. The Bertz CT molecular complexity index is 886. The largest absolute Gasteiger partial charge is 0.392 e. The highest BCUT2D eigenvalue weighted by molar-refractivity contribution is 8.08. The summed E-state index contributed by atoms with van der Waals surface area (Å²) in [7, 11) is 2.03. The first kappa shape index (κ1) is 25.2. The van der Waals surface area contributed by atoms with Crippen LogP contribution in [-0.4, -0.2) is 31.2 Å². The van der Waals surface area contributed by atoms with E-state index in [0.717, 1.165) is 29.9 Å². The van der Waals surface area contributed by atoms with Crippen LogP contribution >= 0.6 is 11.8 Å². The molecule has 0 aliphatic heterocycles. The molecule has 0 saturated heterocycles. The summed E-state index contributed by atoms with van der Waals surface area (Å²) in [5.74, 6) is 7.97. The lowest BCUT2D eigenvalue weighted by Gasteiger charge is -2.15. The van der Waals surface area contributed by atoms with Gasteiger partial charge in [-0.2, -0.15) is 0 Å². The average molecular weight is 437 g/mol. The van der Waals surface area contributed by atoms with Gasteiger partial charge in [0.25, 0.3) is 0 Å². The zero-order valence-corrected chi connectivity index (χ0v) is 20.1. The summed E-state index contributed by atoms with van der Waals surface area (Å²) >= 11 is 1.77. The third kappa shape index (κ3) is 7.54. The maximum absolute atomic E-state index is 9.30. The fraction of sp³-hybridized carbons (Fsp3) is 0.444. The summed E-state index contributed by atoms with van der Waals surface area (Å²) in [6.45, 7) is 10.1. The number of aliphatic imine (C=N–C) groups is 1. The summed E-state index contributed by atoms with van der Waals surface area (Å²) < 4.78 is 0. The first-order chi connectivity index (χ1) is 15.0. The van der Waals surface area contributed by atoms with Gasteiger partial charge in [-0.15, -0.1) is 17.7 Å². The maximum atomic E-state index is 9.30. The van der Waals surface area contributed by atoms with Crippen LogP contribution in [0.5, 0.6) is 0 Å². The van der Waals surface area contributed by atoms with Gasteiger partial charge in [-0.1, -0.05) is 56.2 Å². The molecule has 0 fully saturated rings. The van der Waals surface area contributed by atoms with E-state index in [-0.39, 0.29) is 12.5 Å². The Morgan fingerprint density at radius 3 is 2.87 bits per heavy atom. The number of nitrogens with one attached hydrogen (secondary N) is 1. The molecule has 2 unspecified atom stereocenters. The highest BCUT2D eigenvalue weighted by atomic mass is 32.2. The zero-order valence-electron chi connectivity index (χ0n) is 19.3. The molecule has 2 rings (SSSR count). The van der Waals surface area contributed by atoms with Gasteiger partial charge < -0.3 is 10.4 Å². The minimum absolute atomic E-state index is 0.0326. The van der Waals surface area contributed by atoms with Gasteiger partial charge in [0.2, 0.25) is 0 Å². The Morgan fingerprint density at radius 1 is 1.42 bits per heavy atom. The van der Waals surface area contributed by atoms with E-state index >= 15 is 0 Å². The van der Waals surface area contributed by atoms with E-state index in [1.165, 1.54) is 22.3 Å². The fourth-order valence-electron chi connectivity index (χ4n) is 4.09. The van der Waals surface area contributed by atoms with Gasteiger partial charge in [-0.3, -0.25) is 4.99 Å². The van der Waals surface area contributed by atoms with E-state index in [0.29, 0.717) is 12.0 Å². The monoisotopic (exact) mass is 436 g/mol. The molecular weight excluding hydrogens is 400 g/mol. The molecule has 31 heavy (non-hydrogen) atoms. The Labute approximate surface area is 192 Å². The van der Waals surface area contributed by atoms with Crippen LogP contribution in [0.1, 0.15) is 56.3 Å². The number of aliphatic hydroxyl groups excluding tert-OH is 1. The molecule has 0 radical (unpaired) electrons. The highest BCUT2D eigenvalue weighted by Gasteiger charge is 2.24. The molecule has 0 bridgehead atoms. The molecular formula is C27H36N2OS. The van der Waals surface area contributed by atoms with Crippen molar-refractivity contribution in [1.29, 1.82) is 0 Å². The number of nitrogens with zero attached hydrogens (tertiary/aromatic N) is 1. The molecule has 0 spiro atoms. The third-order valence-corrected chi connectivity index (χ3v) is 6.51. The molecule has 2 N–H and O–H groups in total. The molecule has 166 valence electrons. The maximum Gasteiger partial charge on any atom is 0.0615 e. The van der Waals surface area contributed by atoms with Crippen LogP contribution in [0, 0.1) is 23.7 Å². The highest BCUT2D eigenvalue weighted by Crippen LogP contribution is 2.39. The Morgan fingerprint density at radius 2 is 2.23 bits per heavy atom. The van der Waals surface area contributed by atoms with Crippen molar-refractivity contribution in [2.45, 2.75) is 46.1 Å². The molecule has 1 aliphatic carbocycles. The van der Waals surface area contributed by atoms with Gasteiger partial charge in [0.05, 0.1) is 6.61 Å². The average Bonchev–Trinajstić information content (AvgIpc) is 3.17. The second kappa shape index (κ2) is 13.4. The van der Waals surface area contributed by atoms with Crippen molar-refractivity contribution >= 4 is 23.4 Å². The van der Waals surface area contributed by atoms with Crippen LogP contribution in [0.3, 0.4) is 0 Å². The van der Waals surface area contributed by atoms with Crippen molar-refractivity contribution in [3.63, 3.8) is 0 Å². The van der Waals surface area contributed by atoms with Crippen molar-refractivity contribution < 1.29 is 5.11 Å². The lowest BCUT2D eigenvalue weighted by atomic mass is 9.95. The summed E-state index contributed by atoms with van der Waals surface area (Å²) in [4.78, 5) is 5.23. The predicted molar refractivity (Wildman–Crippen MR) is 137 cm³/mol. The number of hydrogen-bond acceptors (Lipinski definition) is 4.